The molecule has 0 atom stereocenters. The van der Waals surface area contributed by atoms with E-state index in [-0.39, 0.29) is 11.7 Å². The fourth-order valence-corrected chi connectivity index (χ4v) is 4.63. The van der Waals surface area contributed by atoms with Crippen LogP contribution >= 0.6 is 23.1 Å². The van der Waals surface area contributed by atoms with Crippen LogP contribution in [0.15, 0.2) is 77.3 Å². The summed E-state index contributed by atoms with van der Waals surface area (Å²) in [7, 11) is 0. The molecule has 4 rings (SSSR count). The molecular formula is C24H24N4O2S2. The number of thiophene rings is 1. The van der Waals surface area contributed by atoms with Crippen molar-refractivity contribution in [2.45, 2.75) is 25.0 Å². The van der Waals surface area contributed by atoms with E-state index in [4.69, 9.17) is 4.74 Å². The summed E-state index contributed by atoms with van der Waals surface area (Å²) in [4.78, 5) is 13.5. The van der Waals surface area contributed by atoms with Crippen molar-refractivity contribution in [2.24, 2.45) is 0 Å². The number of carbonyl (C=O) groups excluding carboxylic acids is 1. The van der Waals surface area contributed by atoms with Gasteiger partial charge in [-0.1, -0.05) is 48.2 Å². The maximum Gasteiger partial charge on any atom is 0.230 e. The van der Waals surface area contributed by atoms with Gasteiger partial charge in [0.15, 0.2) is 5.16 Å². The fourth-order valence-electron chi connectivity index (χ4n) is 3.18. The third-order valence-corrected chi connectivity index (χ3v) is 6.49. The lowest BCUT2D eigenvalue weighted by atomic mass is 10.1. The van der Waals surface area contributed by atoms with Crippen LogP contribution in [0.3, 0.4) is 0 Å². The number of thioether (sulfide) groups is 1. The van der Waals surface area contributed by atoms with Crippen LogP contribution in [0.1, 0.15) is 23.2 Å². The normalized spacial score (nSPS) is 10.8. The minimum absolute atomic E-state index is 0.0331. The summed E-state index contributed by atoms with van der Waals surface area (Å²) in [6, 6.07) is 22.0. The standard InChI is InChI=1S/C24H24N4O2S2/c1-2-30-20-12-10-19(11-13-20)28-22(15-18-7-4-3-5-8-18)26-27-24(28)32-17-23(29)25-16-21-9-6-14-31-21/h3-14H,2,15-17H2,1H3,(H,25,29). The van der Waals surface area contributed by atoms with Crippen LogP contribution in [-0.4, -0.2) is 33.0 Å². The Labute approximate surface area is 195 Å². The Balaban J connectivity index is 1.52. The number of amides is 1. The van der Waals surface area contributed by atoms with Crippen molar-refractivity contribution in [1.29, 1.82) is 0 Å². The lowest BCUT2D eigenvalue weighted by Crippen LogP contribution is -2.24. The van der Waals surface area contributed by atoms with Crippen LogP contribution in [0, 0.1) is 0 Å². The van der Waals surface area contributed by atoms with Gasteiger partial charge in [0.05, 0.1) is 18.9 Å². The lowest BCUT2D eigenvalue weighted by molar-refractivity contribution is -0.118. The van der Waals surface area contributed by atoms with E-state index in [0.717, 1.165) is 27.7 Å². The van der Waals surface area contributed by atoms with E-state index < -0.39 is 0 Å². The van der Waals surface area contributed by atoms with Crippen molar-refractivity contribution in [1.82, 2.24) is 20.1 Å². The molecule has 1 N–H and O–H groups in total. The Hall–Kier alpha value is -3.10. The molecule has 32 heavy (non-hydrogen) atoms. The van der Waals surface area contributed by atoms with E-state index >= 15 is 0 Å². The topological polar surface area (TPSA) is 69.0 Å². The monoisotopic (exact) mass is 464 g/mol. The van der Waals surface area contributed by atoms with Crippen LogP contribution in [0.5, 0.6) is 5.75 Å². The maximum atomic E-state index is 12.4. The van der Waals surface area contributed by atoms with Gasteiger partial charge < -0.3 is 10.1 Å². The second kappa shape index (κ2) is 11.0. The molecule has 6 nitrogen and oxygen atoms in total. The molecule has 2 aromatic heterocycles. The molecule has 2 heterocycles. The molecule has 0 aliphatic carbocycles. The van der Waals surface area contributed by atoms with Crippen LogP contribution in [0.2, 0.25) is 0 Å². The first kappa shape index (κ1) is 22.1. The number of nitrogens with one attached hydrogen (secondary N) is 1. The van der Waals surface area contributed by atoms with Gasteiger partial charge in [0.25, 0.3) is 0 Å². The summed E-state index contributed by atoms with van der Waals surface area (Å²) in [5.74, 6) is 1.87. The average Bonchev–Trinajstić information content (AvgIpc) is 3.48. The molecule has 4 aromatic rings. The Morgan fingerprint density at radius 1 is 1.06 bits per heavy atom. The van der Waals surface area contributed by atoms with Gasteiger partial charge in [-0.05, 0) is 48.2 Å². The summed E-state index contributed by atoms with van der Waals surface area (Å²) in [6.45, 7) is 3.12. The van der Waals surface area contributed by atoms with E-state index in [0.29, 0.717) is 24.7 Å². The number of aromatic nitrogens is 3. The molecule has 0 saturated heterocycles. The summed E-state index contributed by atoms with van der Waals surface area (Å²) in [6.07, 6.45) is 0.645. The smallest absolute Gasteiger partial charge is 0.230 e. The van der Waals surface area contributed by atoms with Crippen molar-refractivity contribution in [3.05, 3.63) is 88.4 Å². The molecule has 0 fully saturated rings. The number of ether oxygens (including phenoxy) is 1. The summed E-state index contributed by atoms with van der Waals surface area (Å²) in [5, 5.41) is 14.5. The molecule has 0 radical (unpaired) electrons. The van der Waals surface area contributed by atoms with Gasteiger partial charge in [-0.2, -0.15) is 0 Å². The fraction of sp³-hybridized carbons (Fsp3) is 0.208. The molecular weight excluding hydrogens is 440 g/mol. The van der Waals surface area contributed by atoms with E-state index in [1.165, 1.54) is 11.8 Å². The Bertz CT molecular complexity index is 1130. The highest BCUT2D eigenvalue weighted by Crippen LogP contribution is 2.25. The number of hydrogen-bond donors (Lipinski definition) is 1. The van der Waals surface area contributed by atoms with Gasteiger partial charge in [0.2, 0.25) is 5.91 Å². The van der Waals surface area contributed by atoms with Gasteiger partial charge in [-0.3, -0.25) is 9.36 Å². The SMILES string of the molecule is CCOc1ccc(-n2c(Cc3ccccc3)nnc2SCC(=O)NCc2cccs2)cc1. The van der Waals surface area contributed by atoms with Crippen molar-refractivity contribution >= 4 is 29.0 Å². The van der Waals surface area contributed by atoms with Crippen molar-refractivity contribution in [3.63, 3.8) is 0 Å². The van der Waals surface area contributed by atoms with Gasteiger partial charge in [0, 0.05) is 17.0 Å². The summed E-state index contributed by atoms with van der Waals surface area (Å²) < 4.78 is 7.59. The quantitative estimate of drug-likeness (QED) is 0.344. The highest BCUT2D eigenvalue weighted by molar-refractivity contribution is 7.99. The molecule has 0 aliphatic rings. The van der Waals surface area contributed by atoms with Crippen LogP contribution < -0.4 is 10.1 Å². The third-order valence-electron chi connectivity index (χ3n) is 4.68. The first-order valence-corrected chi connectivity index (χ1v) is 12.2. The largest absolute Gasteiger partial charge is 0.494 e. The van der Waals surface area contributed by atoms with E-state index in [2.05, 4.69) is 27.6 Å². The summed E-state index contributed by atoms with van der Waals surface area (Å²) in [5.41, 5.74) is 2.09. The number of benzene rings is 2. The number of carbonyl (C=O) groups is 1. The van der Waals surface area contributed by atoms with Gasteiger partial charge in [0.1, 0.15) is 11.6 Å². The molecule has 0 saturated carbocycles. The van der Waals surface area contributed by atoms with E-state index in [1.807, 2.05) is 71.5 Å². The third kappa shape index (κ3) is 5.77. The molecule has 0 spiro atoms. The zero-order chi connectivity index (χ0) is 22.2. The van der Waals surface area contributed by atoms with Crippen molar-refractivity contribution < 1.29 is 9.53 Å². The molecule has 0 bridgehead atoms. The van der Waals surface area contributed by atoms with Crippen LogP contribution in [-0.2, 0) is 17.8 Å². The van der Waals surface area contributed by atoms with Crippen LogP contribution in [0.25, 0.3) is 5.69 Å². The zero-order valence-electron chi connectivity index (χ0n) is 17.7. The number of rotatable bonds is 10. The Morgan fingerprint density at radius 3 is 2.59 bits per heavy atom. The van der Waals surface area contributed by atoms with E-state index in [9.17, 15) is 4.79 Å². The number of nitrogens with zero attached hydrogens (tertiary/aromatic N) is 3. The van der Waals surface area contributed by atoms with Crippen LogP contribution in [0.4, 0.5) is 0 Å². The van der Waals surface area contributed by atoms with Crippen molar-refractivity contribution in [3.8, 4) is 11.4 Å². The second-order valence-electron chi connectivity index (χ2n) is 6.97. The van der Waals surface area contributed by atoms with Gasteiger partial charge in [-0.15, -0.1) is 21.5 Å². The minimum atomic E-state index is -0.0331. The molecule has 0 unspecified atom stereocenters. The molecule has 164 valence electrons. The highest BCUT2D eigenvalue weighted by atomic mass is 32.2. The number of hydrogen-bond acceptors (Lipinski definition) is 6. The second-order valence-corrected chi connectivity index (χ2v) is 8.94. The highest BCUT2D eigenvalue weighted by Gasteiger charge is 2.16. The first-order chi connectivity index (χ1) is 15.7. The molecule has 1 amide bonds. The average molecular weight is 465 g/mol. The van der Waals surface area contributed by atoms with Crippen molar-refractivity contribution in [2.75, 3.05) is 12.4 Å². The first-order valence-electron chi connectivity index (χ1n) is 10.4. The predicted octanol–water partition coefficient (Wildman–Crippen LogP) is 4.73. The minimum Gasteiger partial charge on any atom is -0.494 e. The Morgan fingerprint density at radius 2 is 1.88 bits per heavy atom. The van der Waals surface area contributed by atoms with Gasteiger partial charge >= 0.3 is 0 Å². The Kier molecular flexibility index (Phi) is 7.58. The maximum absolute atomic E-state index is 12.4. The summed E-state index contributed by atoms with van der Waals surface area (Å²) >= 11 is 3.01. The molecule has 2 aromatic carbocycles. The molecule has 8 heteroatoms. The predicted molar refractivity (Wildman–Crippen MR) is 129 cm³/mol. The van der Waals surface area contributed by atoms with E-state index in [1.54, 1.807) is 11.3 Å². The molecule has 0 aliphatic heterocycles. The zero-order valence-corrected chi connectivity index (χ0v) is 19.4. The van der Waals surface area contributed by atoms with Gasteiger partial charge in [-0.25, -0.2) is 0 Å². The lowest BCUT2D eigenvalue weighted by Gasteiger charge is -2.11.